The Kier molecular flexibility index (Phi) is 3.27. The maximum absolute atomic E-state index is 9.96. The Morgan fingerprint density at radius 3 is 2.94 bits per heavy atom. The molecular formula is C15H21NO2. The van der Waals surface area contributed by atoms with Gasteiger partial charge in [-0.2, -0.15) is 0 Å². The van der Waals surface area contributed by atoms with Gasteiger partial charge in [0.25, 0.3) is 0 Å². The lowest BCUT2D eigenvalue weighted by molar-refractivity contribution is 0.128. The highest BCUT2D eigenvalue weighted by Crippen LogP contribution is 2.36. The molecule has 3 rings (SSSR count). The summed E-state index contributed by atoms with van der Waals surface area (Å²) in [6.45, 7) is 3.62. The summed E-state index contributed by atoms with van der Waals surface area (Å²) in [6, 6.07) is 8.49. The lowest BCUT2D eigenvalue weighted by atomic mass is 9.92. The van der Waals surface area contributed by atoms with Crippen molar-refractivity contribution in [2.24, 2.45) is 11.8 Å². The van der Waals surface area contributed by atoms with E-state index in [4.69, 9.17) is 4.74 Å². The van der Waals surface area contributed by atoms with Gasteiger partial charge in [-0.25, -0.2) is 0 Å². The summed E-state index contributed by atoms with van der Waals surface area (Å²) in [4.78, 5) is 0. The van der Waals surface area contributed by atoms with Gasteiger partial charge in [-0.1, -0.05) is 25.1 Å². The van der Waals surface area contributed by atoms with Crippen LogP contribution in [0.4, 0.5) is 0 Å². The molecule has 0 amide bonds. The van der Waals surface area contributed by atoms with E-state index >= 15 is 0 Å². The number of fused-ring (bicyclic) bond motifs is 1. The third kappa shape index (κ3) is 2.38. The lowest BCUT2D eigenvalue weighted by Crippen LogP contribution is -2.38. The van der Waals surface area contributed by atoms with E-state index in [1.165, 1.54) is 18.4 Å². The van der Waals surface area contributed by atoms with Crippen LogP contribution in [-0.2, 0) is 0 Å². The molecule has 0 saturated heterocycles. The summed E-state index contributed by atoms with van der Waals surface area (Å²) >= 11 is 0. The Labute approximate surface area is 108 Å². The van der Waals surface area contributed by atoms with Gasteiger partial charge in [0.05, 0.1) is 12.7 Å². The SMILES string of the molecule is CC1COc2ccccc2C1NCC(O)C1CC1. The molecule has 1 aliphatic carbocycles. The summed E-state index contributed by atoms with van der Waals surface area (Å²) in [6.07, 6.45) is 2.18. The number of hydrogen-bond acceptors (Lipinski definition) is 3. The summed E-state index contributed by atoms with van der Waals surface area (Å²) in [5.74, 6) is 1.95. The molecule has 2 N–H and O–H groups in total. The molecule has 1 fully saturated rings. The highest BCUT2D eigenvalue weighted by Gasteiger charge is 2.32. The molecule has 0 radical (unpaired) electrons. The first-order chi connectivity index (χ1) is 8.75. The van der Waals surface area contributed by atoms with E-state index in [2.05, 4.69) is 18.3 Å². The fourth-order valence-corrected chi connectivity index (χ4v) is 2.70. The largest absolute Gasteiger partial charge is 0.493 e. The first-order valence-electron chi connectivity index (χ1n) is 6.89. The summed E-state index contributed by atoms with van der Waals surface area (Å²) in [7, 11) is 0. The van der Waals surface area contributed by atoms with E-state index < -0.39 is 0 Å². The van der Waals surface area contributed by atoms with Crippen molar-refractivity contribution in [3.63, 3.8) is 0 Å². The molecule has 3 heteroatoms. The van der Waals surface area contributed by atoms with Crippen molar-refractivity contribution in [3.05, 3.63) is 29.8 Å². The Balaban J connectivity index is 1.69. The Hall–Kier alpha value is -1.06. The van der Waals surface area contributed by atoms with Crippen molar-refractivity contribution in [2.45, 2.75) is 31.9 Å². The maximum Gasteiger partial charge on any atom is 0.124 e. The minimum absolute atomic E-state index is 0.188. The summed E-state index contributed by atoms with van der Waals surface area (Å²) in [5, 5.41) is 13.5. The van der Waals surface area contributed by atoms with Crippen molar-refractivity contribution in [3.8, 4) is 5.75 Å². The topological polar surface area (TPSA) is 41.5 Å². The predicted octanol–water partition coefficient (Wildman–Crippen LogP) is 2.12. The van der Waals surface area contributed by atoms with Crippen LogP contribution in [0, 0.1) is 11.8 Å². The molecular weight excluding hydrogens is 226 g/mol. The number of ether oxygens (including phenoxy) is 1. The predicted molar refractivity (Wildman–Crippen MR) is 70.6 cm³/mol. The number of benzene rings is 1. The smallest absolute Gasteiger partial charge is 0.124 e. The average molecular weight is 247 g/mol. The second-order valence-electron chi connectivity index (χ2n) is 5.62. The van der Waals surface area contributed by atoms with E-state index in [0.717, 1.165) is 12.4 Å². The number of aliphatic hydroxyl groups is 1. The quantitative estimate of drug-likeness (QED) is 0.856. The second kappa shape index (κ2) is 4.90. The van der Waals surface area contributed by atoms with E-state index in [-0.39, 0.29) is 6.10 Å². The Morgan fingerprint density at radius 1 is 1.39 bits per heavy atom. The van der Waals surface area contributed by atoms with Crippen LogP contribution in [-0.4, -0.2) is 24.4 Å². The van der Waals surface area contributed by atoms with E-state index in [0.29, 0.717) is 24.4 Å². The molecule has 2 aliphatic rings. The van der Waals surface area contributed by atoms with Crippen LogP contribution in [0.1, 0.15) is 31.4 Å². The standard InChI is InChI=1S/C15H21NO2/c1-10-9-18-14-5-3-2-4-12(14)15(10)16-8-13(17)11-6-7-11/h2-5,10-11,13,15-17H,6-9H2,1H3. The molecule has 1 aliphatic heterocycles. The molecule has 3 unspecified atom stereocenters. The highest BCUT2D eigenvalue weighted by molar-refractivity contribution is 5.37. The number of hydrogen-bond donors (Lipinski definition) is 2. The monoisotopic (exact) mass is 247 g/mol. The first-order valence-corrected chi connectivity index (χ1v) is 6.89. The average Bonchev–Trinajstić information content (AvgIpc) is 3.21. The fraction of sp³-hybridized carbons (Fsp3) is 0.600. The zero-order valence-corrected chi connectivity index (χ0v) is 10.8. The normalized spacial score (nSPS) is 28.3. The zero-order chi connectivity index (χ0) is 12.5. The van der Waals surface area contributed by atoms with Crippen LogP contribution in [0.15, 0.2) is 24.3 Å². The van der Waals surface area contributed by atoms with Gasteiger partial charge < -0.3 is 15.2 Å². The molecule has 0 bridgehead atoms. The van der Waals surface area contributed by atoms with Crippen LogP contribution in [0.3, 0.4) is 0 Å². The molecule has 3 atom stereocenters. The van der Waals surface area contributed by atoms with Crippen molar-refractivity contribution in [2.75, 3.05) is 13.2 Å². The Morgan fingerprint density at radius 2 is 2.17 bits per heavy atom. The third-order valence-corrected chi connectivity index (χ3v) is 4.04. The van der Waals surface area contributed by atoms with Gasteiger partial charge in [0, 0.05) is 24.1 Å². The fourth-order valence-electron chi connectivity index (χ4n) is 2.70. The molecule has 1 saturated carbocycles. The molecule has 1 heterocycles. The van der Waals surface area contributed by atoms with Gasteiger partial charge >= 0.3 is 0 Å². The molecule has 18 heavy (non-hydrogen) atoms. The molecule has 3 nitrogen and oxygen atoms in total. The van der Waals surface area contributed by atoms with Crippen molar-refractivity contribution < 1.29 is 9.84 Å². The van der Waals surface area contributed by atoms with Crippen LogP contribution >= 0.6 is 0 Å². The molecule has 1 aromatic carbocycles. The van der Waals surface area contributed by atoms with Crippen LogP contribution in [0.5, 0.6) is 5.75 Å². The molecule has 98 valence electrons. The molecule has 0 spiro atoms. The van der Waals surface area contributed by atoms with Crippen LogP contribution < -0.4 is 10.1 Å². The summed E-state index contributed by atoms with van der Waals surface area (Å²) < 4.78 is 5.73. The van der Waals surface area contributed by atoms with Crippen molar-refractivity contribution >= 4 is 0 Å². The van der Waals surface area contributed by atoms with Gasteiger partial charge in [-0.05, 0) is 24.8 Å². The zero-order valence-electron chi connectivity index (χ0n) is 10.8. The van der Waals surface area contributed by atoms with Gasteiger partial charge in [-0.15, -0.1) is 0 Å². The van der Waals surface area contributed by atoms with Crippen LogP contribution in [0.2, 0.25) is 0 Å². The minimum atomic E-state index is -0.188. The van der Waals surface area contributed by atoms with Gasteiger partial charge in [0.2, 0.25) is 0 Å². The van der Waals surface area contributed by atoms with Gasteiger partial charge in [0.15, 0.2) is 0 Å². The summed E-state index contributed by atoms with van der Waals surface area (Å²) in [5.41, 5.74) is 1.22. The molecule has 1 aromatic rings. The third-order valence-electron chi connectivity index (χ3n) is 4.04. The van der Waals surface area contributed by atoms with Crippen molar-refractivity contribution in [1.82, 2.24) is 5.32 Å². The van der Waals surface area contributed by atoms with E-state index in [1.54, 1.807) is 0 Å². The minimum Gasteiger partial charge on any atom is -0.493 e. The maximum atomic E-state index is 9.96. The first kappa shape index (κ1) is 12.0. The molecule has 0 aromatic heterocycles. The van der Waals surface area contributed by atoms with Crippen molar-refractivity contribution in [1.29, 1.82) is 0 Å². The van der Waals surface area contributed by atoms with Gasteiger partial charge in [-0.3, -0.25) is 0 Å². The van der Waals surface area contributed by atoms with Crippen LogP contribution in [0.25, 0.3) is 0 Å². The van der Waals surface area contributed by atoms with Gasteiger partial charge in [0.1, 0.15) is 5.75 Å². The number of aliphatic hydroxyl groups excluding tert-OH is 1. The lowest BCUT2D eigenvalue weighted by Gasteiger charge is -2.32. The number of rotatable bonds is 4. The number of nitrogens with one attached hydrogen (secondary N) is 1. The van der Waals surface area contributed by atoms with E-state index in [9.17, 15) is 5.11 Å². The second-order valence-corrected chi connectivity index (χ2v) is 5.62. The highest BCUT2D eigenvalue weighted by atomic mass is 16.5. The van der Waals surface area contributed by atoms with E-state index in [1.807, 2.05) is 18.2 Å². The number of para-hydroxylation sites is 1. The Bertz CT molecular complexity index is 417.